The zero-order chi connectivity index (χ0) is 32.4. The number of anilines is 1. The predicted molar refractivity (Wildman–Crippen MR) is 179 cm³/mol. The minimum atomic E-state index is -4.32. The molecule has 0 aromatic heterocycles. The number of rotatable bonds is 14. The fourth-order valence-corrected chi connectivity index (χ4v) is 6.60. The van der Waals surface area contributed by atoms with E-state index in [9.17, 15) is 22.4 Å². The largest absolute Gasteiger partial charge is 0.354 e. The Bertz CT molecular complexity index is 1690. The topological polar surface area (TPSA) is 86.8 Å². The molecule has 11 heteroatoms. The molecular weight excluding hydrogens is 681 g/mol. The van der Waals surface area contributed by atoms with E-state index >= 15 is 0 Å². The highest BCUT2D eigenvalue weighted by atomic mass is 79.9. The third-order valence-electron chi connectivity index (χ3n) is 7.17. The number of hydrogen-bond acceptors (Lipinski definition) is 4. The lowest BCUT2D eigenvalue weighted by Gasteiger charge is -2.34. The van der Waals surface area contributed by atoms with Crippen molar-refractivity contribution >= 4 is 55.1 Å². The van der Waals surface area contributed by atoms with Crippen molar-refractivity contribution in [1.29, 1.82) is 0 Å². The Hall–Kier alpha value is -3.73. The van der Waals surface area contributed by atoms with Gasteiger partial charge in [0.15, 0.2) is 0 Å². The third-order valence-corrected chi connectivity index (χ3v) is 9.77. The molecule has 0 aliphatic carbocycles. The standard InChI is InChI=1S/C34H34BrClFN3O4S/c1-2-3-20-38-34(42)32(21-25-10-6-4-7-11-25)39(23-26-14-16-27(35)17-15-26)33(41)24-40(28-18-19-31(37)30(36)22-28)45(43,44)29-12-8-5-9-13-29/h4-19,22,32H,2-3,20-21,23-24H2,1H3,(H,38,42)/t32-/m0/s1. The minimum absolute atomic E-state index is 0.00852. The predicted octanol–water partition coefficient (Wildman–Crippen LogP) is 6.99. The van der Waals surface area contributed by atoms with Crippen LogP contribution in [-0.2, 0) is 32.6 Å². The summed E-state index contributed by atoms with van der Waals surface area (Å²) in [5.74, 6) is -1.70. The van der Waals surface area contributed by atoms with Gasteiger partial charge in [-0.25, -0.2) is 12.8 Å². The summed E-state index contributed by atoms with van der Waals surface area (Å²) in [6.07, 6.45) is 1.84. The molecule has 236 valence electrons. The van der Waals surface area contributed by atoms with Crippen molar-refractivity contribution in [3.8, 4) is 0 Å². The number of sulfonamides is 1. The van der Waals surface area contributed by atoms with Gasteiger partial charge in [-0.2, -0.15) is 0 Å². The Morgan fingerprint density at radius 1 is 0.911 bits per heavy atom. The van der Waals surface area contributed by atoms with Crippen molar-refractivity contribution in [1.82, 2.24) is 10.2 Å². The number of nitrogens with one attached hydrogen (secondary N) is 1. The molecule has 2 amide bonds. The van der Waals surface area contributed by atoms with Crippen LogP contribution in [0.2, 0.25) is 5.02 Å². The first kappa shape index (κ1) is 34.1. The summed E-state index contributed by atoms with van der Waals surface area (Å²) in [6, 6.07) is 26.8. The Balaban J connectivity index is 1.79. The average molecular weight is 715 g/mol. The van der Waals surface area contributed by atoms with Crippen LogP contribution in [0.1, 0.15) is 30.9 Å². The second-order valence-corrected chi connectivity index (χ2v) is 13.6. The van der Waals surface area contributed by atoms with E-state index in [1.165, 1.54) is 29.2 Å². The van der Waals surface area contributed by atoms with Crippen LogP contribution >= 0.6 is 27.5 Å². The number of benzene rings is 4. The number of nitrogens with zero attached hydrogens (tertiary/aromatic N) is 2. The number of amides is 2. The first-order chi connectivity index (χ1) is 21.6. The van der Waals surface area contributed by atoms with Gasteiger partial charge in [-0.15, -0.1) is 0 Å². The monoisotopic (exact) mass is 713 g/mol. The fraction of sp³-hybridized carbons (Fsp3) is 0.235. The number of carbonyl (C=O) groups excluding carboxylic acids is 2. The van der Waals surface area contributed by atoms with Crippen molar-refractivity contribution in [3.63, 3.8) is 0 Å². The molecule has 0 aliphatic rings. The molecule has 1 atom stereocenters. The molecule has 0 spiro atoms. The first-order valence-electron chi connectivity index (χ1n) is 14.5. The molecule has 0 radical (unpaired) electrons. The molecule has 4 aromatic rings. The van der Waals surface area contributed by atoms with Gasteiger partial charge in [-0.3, -0.25) is 13.9 Å². The van der Waals surface area contributed by atoms with Gasteiger partial charge >= 0.3 is 0 Å². The Labute approximate surface area is 277 Å². The molecule has 4 rings (SSSR count). The van der Waals surface area contributed by atoms with Gasteiger partial charge in [0.25, 0.3) is 10.0 Å². The molecule has 0 unspecified atom stereocenters. The van der Waals surface area contributed by atoms with Crippen molar-refractivity contribution in [2.45, 2.75) is 43.7 Å². The number of halogens is 3. The maximum atomic E-state index is 14.4. The summed E-state index contributed by atoms with van der Waals surface area (Å²) in [5.41, 5.74) is 1.59. The molecule has 7 nitrogen and oxygen atoms in total. The van der Waals surface area contributed by atoms with E-state index in [1.54, 1.807) is 18.2 Å². The van der Waals surface area contributed by atoms with Crippen molar-refractivity contribution in [3.05, 3.63) is 130 Å². The first-order valence-corrected chi connectivity index (χ1v) is 17.1. The summed E-state index contributed by atoms with van der Waals surface area (Å²) in [6.45, 7) is 1.82. The Morgan fingerprint density at radius 3 is 2.18 bits per heavy atom. The van der Waals surface area contributed by atoms with Crippen LogP contribution in [0.5, 0.6) is 0 Å². The van der Waals surface area contributed by atoms with E-state index in [0.29, 0.717) is 6.54 Å². The van der Waals surface area contributed by atoms with Crippen molar-refractivity contribution in [2.75, 3.05) is 17.4 Å². The lowest BCUT2D eigenvalue weighted by molar-refractivity contribution is -0.140. The summed E-state index contributed by atoms with van der Waals surface area (Å²) < 4.78 is 43.9. The fourth-order valence-electron chi connectivity index (χ4n) is 4.74. The molecule has 0 saturated carbocycles. The van der Waals surface area contributed by atoms with Crippen LogP contribution in [-0.4, -0.2) is 44.3 Å². The van der Waals surface area contributed by atoms with Crippen molar-refractivity contribution < 1.29 is 22.4 Å². The van der Waals surface area contributed by atoms with Gasteiger partial charge in [0.2, 0.25) is 11.8 Å². The van der Waals surface area contributed by atoms with Gasteiger partial charge in [0.1, 0.15) is 18.4 Å². The average Bonchev–Trinajstić information content (AvgIpc) is 3.04. The molecule has 0 aliphatic heterocycles. The second kappa shape index (κ2) is 16.0. The highest BCUT2D eigenvalue weighted by molar-refractivity contribution is 9.10. The lowest BCUT2D eigenvalue weighted by atomic mass is 10.0. The maximum absolute atomic E-state index is 14.4. The number of hydrogen-bond donors (Lipinski definition) is 1. The summed E-state index contributed by atoms with van der Waals surface area (Å²) >= 11 is 9.50. The Kier molecular flexibility index (Phi) is 12.2. The zero-order valence-corrected chi connectivity index (χ0v) is 27.9. The van der Waals surface area contributed by atoms with E-state index in [-0.39, 0.29) is 34.5 Å². The van der Waals surface area contributed by atoms with E-state index < -0.39 is 34.3 Å². The van der Waals surface area contributed by atoms with E-state index in [1.807, 2.05) is 61.5 Å². The van der Waals surface area contributed by atoms with Crippen LogP contribution in [0, 0.1) is 5.82 Å². The molecule has 0 bridgehead atoms. The quantitative estimate of drug-likeness (QED) is 0.143. The maximum Gasteiger partial charge on any atom is 0.264 e. The highest BCUT2D eigenvalue weighted by Gasteiger charge is 2.34. The summed E-state index contributed by atoms with van der Waals surface area (Å²) in [7, 11) is -4.32. The van der Waals surface area contributed by atoms with Crippen LogP contribution in [0.15, 0.2) is 112 Å². The number of carbonyl (C=O) groups is 2. The van der Waals surface area contributed by atoms with E-state index in [0.717, 1.165) is 38.8 Å². The molecule has 45 heavy (non-hydrogen) atoms. The van der Waals surface area contributed by atoms with Gasteiger partial charge in [-0.1, -0.05) is 102 Å². The van der Waals surface area contributed by atoms with Gasteiger partial charge < -0.3 is 10.2 Å². The van der Waals surface area contributed by atoms with Crippen LogP contribution in [0.25, 0.3) is 0 Å². The summed E-state index contributed by atoms with van der Waals surface area (Å²) in [4.78, 5) is 29.5. The van der Waals surface area contributed by atoms with E-state index in [2.05, 4.69) is 21.2 Å². The number of unbranched alkanes of at least 4 members (excludes halogenated alkanes) is 1. The smallest absolute Gasteiger partial charge is 0.264 e. The molecule has 0 heterocycles. The highest BCUT2D eigenvalue weighted by Crippen LogP contribution is 2.28. The van der Waals surface area contributed by atoms with Crippen LogP contribution in [0.4, 0.5) is 10.1 Å². The normalized spacial score (nSPS) is 11.9. The lowest BCUT2D eigenvalue weighted by Crippen LogP contribution is -2.53. The van der Waals surface area contributed by atoms with Crippen LogP contribution in [0.3, 0.4) is 0 Å². The SMILES string of the molecule is CCCCNC(=O)[C@H](Cc1ccccc1)N(Cc1ccc(Br)cc1)C(=O)CN(c1ccc(F)c(Cl)c1)S(=O)(=O)c1ccccc1. The molecule has 0 saturated heterocycles. The Morgan fingerprint density at radius 2 is 1.56 bits per heavy atom. The van der Waals surface area contributed by atoms with E-state index in [4.69, 9.17) is 11.6 Å². The molecule has 4 aromatic carbocycles. The third kappa shape index (κ3) is 9.15. The van der Waals surface area contributed by atoms with Gasteiger partial charge in [0, 0.05) is 24.0 Å². The van der Waals surface area contributed by atoms with Crippen molar-refractivity contribution in [2.24, 2.45) is 0 Å². The minimum Gasteiger partial charge on any atom is -0.354 e. The molecule has 1 N–H and O–H groups in total. The zero-order valence-electron chi connectivity index (χ0n) is 24.7. The molecule has 0 fully saturated rings. The van der Waals surface area contributed by atoms with Crippen LogP contribution < -0.4 is 9.62 Å². The van der Waals surface area contributed by atoms with Gasteiger partial charge in [0.05, 0.1) is 15.6 Å². The van der Waals surface area contributed by atoms with Gasteiger partial charge in [-0.05, 0) is 60.0 Å². The second-order valence-electron chi connectivity index (χ2n) is 10.4. The summed E-state index contributed by atoms with van der Waals surface area (Å²) in [5, 5.41) is 2.66. The molecular formula is C34H34BrClFN3O4S.